The van der Waals surface area contributed by atoms with Gasteiger partial charge in [0.25, 0.3) is 0 Å². The molecule has 8 heteroatoms. The van der Waals surface area contributed by atoms with Crippen LogP contribution in [0.25, 0.3) is 11.4 Å². The van der Waals surface area contributed by atoms with E-state index in [9.17, 15) is 4.79 Å². The lowest BCUT2D eigenvalue weighted by atomic mass is 10.2. The van der Waals surface area contributed by atoms with Crippen molar-refractivity contribution in [2.45, 2.75) is 18.9 Å². The highest BCUT2D eigenvalue weighted by Gasteiger charge is 2.34. The molecule has 8 nitrogen and oxygen atoms in total. The summed E-state index contributed by atoms with van der Waals surface area (Å²) in [5.41, 5.74) is 1.44. The molecule has 4 rings (SSSR count). The Hall–Kier alpha value is -3.55. The van der Waals surface area contributed by atoms with Gasteiger partial charge >= 0.3 is 6.03 Å². The van der Waals surface area contributed by atoms with E-state index in [1.54, 1.807) is 37.3 Å². The number of hydrogen-bond acceptors (Lipinski definition) is 6. The Labute approximate surface area is 168 Å². The number of methoxy groups -OCH3 is 2. The Balaban J connectivity index is 1.52. The van der Waals surface area contributed by atoms with Crippen molar-refractivity contribution in [2.24, 2.45) is 0 Å². The third-order valence-electron chi connectivity index (χ3n) is 4.92. The molecule has 150 valence electrons. The van der Waals surface area contributed by atoms with Crippen molar-refractivity contribution in [1.29, 1.82) is 0 Å². The number of aromatic nitrogens is 2. The number of amides is 2. The largest absolute Gasteiger partial charge is 0.497 e. The van der Waals surface area contributed by atoms with Gasteiger partial charge in [-0.1, -0.05) is 35.5 Å². The molecular weight excluding hydrogens is 372 g/mol. The van der Waals surface area contributed by atoms with E-state index in [-0.39, 0.29) is 12.1 Å². The van der Waals surface area contributed by atoms with Crippen molar-refractivity contribution in [3.8, 4) is 22.9 Å². The van der Waals surface area contributed by atoms with E-state index >= 15 is 0 Å². The van der Waals surface area contributed by atoms with Gasteiger partial charge in [-0.25, -0.2) is 4.79 Å². The minimum absolute atomic E-state index is 0.240. The average Bonchev–Trinajstić information content (AvgIpc) is 3.44. The van der Waals surface area contributed by atoms with Gasteiger partial charge in [-0.2, -0.15) is 4.98 Å². The molecule has 29 heavy (non-hydrogen) atoms. The first-order valence-electron chi connectivity index (χ1n) is 9.38. The van der Waals surface area contributed by atoms with E-state index in [0.717, 1.165) is 18.4 Å². The number of rotatable bonds is 5. The molecule has 1 aliphatic rings. The molecule has 0 radical (unpaired) electrons. The van der Waals surface area contributed by atoms with E-state index in [1.807, 2.05) is 30.3 Å². The Bertz CT molecular complexity index is 989. The van der Waals surface area contributed by atoms with Crippen molar-refractivity contribution in [1.82, 2.24) is 15.0 Å². The normalized spacial score (nSPS) is 15.9. The second-order valence-electron chi connectivity index (χ2n) is 6.67. The number of hydrogen-bond donors (Lipinski definition) is 1. The van der Waals surface area contributed by atoms with E-state index in [2.05, 4.69) is 15.5 Å². The van der Waals surface area contributed by atoms with Gasteiger partial charge in [0.05, 0.1) is 19.9 Å². The van der Waals surface area contributed by atoms with Gasteiger partial charge in [0.15, 0.2) is 0 Å². The Morgan fingerprint density at radius 3 is 2.76 bits per heavy atom. The quantitative estimate of drug-likeness (QED) is 0.700. The fourth-order valence-corrected chi connectivity index (χ4v) is 3.43. The van der Waals surface area contributed by atoms with Crippen LogP contribution >= 0.6 is 0 Å². The van der Waals surface area contributed by atoms with Gasteiger partial charge in [-0.15, -0.1) is 0 Å². The maximum atomic E-state index is 12.9. The molecule has 1 N–H and O–H groups in total. The highest BCUT2D eigenvalue weighted by Crippen LogP contribution is 2.34. The average molecular weight is 394 g/mol. The predicted molar refractivity (Wildman–Crippen MR) is 107 cm³/mol. The lowest BCUT2D eigenvalue weighted by Gasteiger charge is -2.23. The molecule has 0 aliphatic carbocycles. The Morgan fingerprint density at radius 2 is 2.00 bits per heavy atom. The molecule has 1 atom stereocenters. The molecule has 1 unspecified atom stereocenters. The second-order valence-corrected chi connectivity index (χ2v) is 6.67. The Morgan fingerprint density at radius 1 is 1.17 bits per heavy atom. The van der Waals surface area contributed by atoms with Crippen molar-refractivity contribution in [3.05, 3.63) is 54.4 Å². The number of ether oxygens (including phenoxy) is 2. The number of nitrogens with zero attached hydrogens (tertiary/aromatic N) is 3. The summed E-state index contributed by atoms with van der Waals surface area (Å²) in [6.45, 7) is 0.609. The zero-order valence-corrected chi connectivity index (χ0v) is 16.3. The summed E-state index contributed by atoms with van der Waals surface area (Å²) in [5, 5.41) is 6.99. The highest BCUT2D eigenvalue weighted by atomic mass is 16.5. The van der Waals surface area contributed by atoms with Crippen LogP contribution in [-0.2, 0) is 0 Å². The number of likely N-dealkylation sites (tertiary alicyclic amines) is 1. The smallest absolute Gasteiger partial charge is 0.322 e. The van der Waals surface area contributed by atoms with Gasteiger partial charge in [0.1, 0.15) is 17.5 Å². The lowest BCUT2D eigenvalue weighted by molar-refractivity contribution is 0.193. The van der Waals surface area contributed by atoms with Crippen molar-refractivity contribution in [3.63, 3.8) is 0 Å². The summed E-state index contributed by atoms with van der Waals surface area (Å²) >= 11 is 0. The number of urea groups is 1. The molecule has 1 fully saturated rings. The van der Waals surface area contributed by atoms with Crippen LogP contribution < -0.4 is 14.8 Å². The van der Waals surface area contributed by atoms with Crippen molar-refractivity contribution in [2.75, 3.05) is 26.1 Å². The first-order valence-corrected chi connectivity index (χ1v) is 9.38. The van der Waals surface area contributed by atoms with Crippen LogP contribution in [0.3, 0.4) is 0 Å². The third-order valence-corrected chi connectivity index (χ3v) is 4.92. The summed E-state index contributed by atoms with van der Waals surface area (Å²) in [6, 6.07) is 14.4. The topological polar surface area (TPSA) is 89.7 Å². The molecule has 2 aromatic carbocycles. The molecule has 0 saturated carbocycles. The molecular formula is C21H22N4O4. The van der Waals surface area contributed by atoms with Crippen molar-refractivity contribution >= 4 is 11.7 Å². The second kappa shape index (κ2) is 8.22. The predicted octanol–water partition coefficient (Wildman–Crippen LogP) is 4.12. The van der Waals surface area contributed by atoms with Gasteiger partial charge in [-0.05, 0) is 25.0 Å². The molecule has 0 spiro atoms. The lowest BCUT2D eigenvalue weighted by Crippen LogP contribution is -2.34. The molecule has 0 bridgehead atoms. The SMILES string of the molecule is COc1ccc(NC(=O)N2CCCC2c2nc(-c3ccccc3)no2)c(OC)c1. The summed E-state index contributed by atoms with van der Waals surface area (Å²) in [5.74, 6) is 2.14. The standard InChI is InChI=1S/C21H22N4O4/c1-27-15-10-11-16(18(13-15)28-2)22-21(26)25-12-6-9-17(25)20-23-19(24-29-20)14-7-4-3-5-8-14/h3-5,7-8,10-11,13,17H,6,9,12H2,1-2H3,(H,22,26). The number of carbonyl (C=O) groups excluding carboxylic acids is 1. The third kappa shape index (κ3) is 3.87. The summed E-state index contributed by atoms with van der Waals surface area (Å²) in [7, 11) is 3.13. The van der Waals surface area contributed by atoms with Crippen LogP contribution in [0.15, 0.2) is 53.1 Å². The Kier molecular flexibility index (Phi) is 5.33. The monoisotopic (exact) mass is 394 g/mol. The van der Waals surface area contributed by atoms with E-state index < -0.39 is 0 Å². The van der Waals surface area contributed by atoms with Crippen LogP contribution in [0.5, 0.6) is 11.5 Å². The van der Waals surface area contributed by atoms with E-state index in [0.29, 0.717) is 35.4 Å². The fraction of sp³-hybridized carbons (Fsp3) is 0.286. The molecule has 1 aliphatic heterocycles. The molecule has 1 aromatic heterocycles. The van der Waals surface area contributed by atoms with Gasteiger partial charge in [-0.3, -0.25) is 0 Å². The summed E-state index contributed by atoms with van der Waals surface area (Å²) in [6.07, 6.45) is 1.63. The number of anilines is 1. The number of benzene rings is 2. The van der Waals surface area contributed by atoms with Gasteiger partial charge < -0.3 is 24.2 Å². The fourth-order valence-electron chi connectivity index (χ4n) is 3.43. The van der Waals surface area contributed by atoms with Crippen LogP contribution in [0, 0.1) is 0 Å². The van der Waals surface area contributed by atoms with Gasteiger partial charge in [0.2, 0.25) is 11.7 Å². The maximum absolute atomic E-state index is 12.9. The minimum atomic E-state index is -0.260. The molecule has 2 amide bonds. The maximum Gasteiger partial charge on any atom is 0.322 e. The zero-order chi connectivity index (χ0) is 20.2. The van der Waals surface area contributed by atoms with E-state index in [1.165, 1.54) is 0 Å². The zero-order valence-electron chi connectivity index (χ0n) is 16.3. The van der Waals surface area contributed by atoms with Gasteiger partial charge in [0, 0.05) is 18.2 Å². The van der Waals surface area contributed by atoms with Crippen LogP contribution in [0.4, 0.5) is 10.5 Å². The summed E-state index contributed by atoms with van der Waals surface area (Å²) < 4.78 is 16.0. The highest BCUT2D eigenvalue weighted by molar-refractivity contribution is 5.91. The number of nitrogens with one attached hydrogen (secondary N) is 1. The summed E-state index contributed by atoms with van der Waals surface area (Å²) in [4.78, 5) is 19.2. The first-order chi connectivity index (χ1) is 14.2. The molecule has 1 saturated heterocycles. The first kappa shape index (κ1) is 18.8. The minimum Gasteiger partial charge on any atom is -0.497 e. The number of carbonyl (C=O) groups is 1. The molecule has 2 heterocycles. The van der Waals surface area contributed by atoms with Crippen molar-refractivity contribution < 1.29 is 18.8 Å². The van der Waals surface area contributed by atoms with Crippen LogP contribution in [0.2, 0.25) is 0 Å². The molecule has 3 aromatic rings. The van der Waals surface area contributed by atoms with E-state index in [4.69, 9.17) is 14.0 Å². The van der Waals surface area contributed by atoms with Crippen LogP contribution in [0.1, 0.15) is 24.8 Å². The van der Waals surface area contributed by atoms with Crippen LogP contribution in [-0.4, -0.2) is 41.8 Å².